The van der Waals surface area contributed by atoms with Crippen molar-refractivity contribution in [2.24, 2.45) is 0 Å². The van der Waals surface area contributed by atoms with E-state index in [-0.39, 0.29) is 6.54 Å². The number of carboxylic acids is 2. The smallest absolute Gasteiger partial charge is 0.317 e. The zero-order chi connectivity index (χ0) is 15.8. The first-order valence-electron chi connectivity index (χ1n) is 5.86. The predicted octanol–water partition coefficient (Wildman–Crippen LogP) is -0.0320. The Morgan fingerprint density at radius 1 is 1.05 bits per heavy atom. The molecule has 0 unspecified atom stereocenters. The number of rotatable bonds is 7. The average molecular weight is 291 g/mol. The first-order valence-corrected chi connectivity index (χ1v) is 5.86. The van der Waals surface area contributed by atoms with Crippen LogP contribution in [-0.4, -0.2) is 52.6 Å². The van der Waals surface area contributed by atoms with Crippen LogP contribution in [0.4, 0.5) is 5.69 Å². The van der Waals surface area contributed by atoms with Gasteiger partial charge in [-0.2, -0.15) is 5.26 Å². The van der Waals surface area contributed by atoms with Crippen LogP contribution in [0.3, 0.4) is 0 Å². The predicted molar refractivity (Wildman–Crippen MR) is 71.5 cm³/mol. The third kappa shape index (κ3) is 6.17. The summed E-state index contributed by atoms with van der Waals surface area (Å²) in [5, 5.41) is 28.5. The molecular weight excluding hydrogens is 278 g/mol. The summed E-state index contributed by atoms with van der Waals surface area (Å²) in [5.74, 6) is -2.98. The molecule has 0 aliphatic rings. The number of nitrogens with one attached hydrogen (secondary N) is 1. The summed E-state index contributed by atoms with van der Waals surface area (Å²) in [6.45, 7) is -1.46. The fourth-order valence-corrected chi connectivity index (χ4v) is 1.58. The van der Waals surface area contributed by atoms with Gasteiger partial charge in [0, 0.05) is 5.69 Å². The van der Waals surface area contributed by atoms with E-state index in [1.54, 1.807) is 0 Å². The van der Waals surface area contributed by atoms with Gasteiger partial charge in [-0.1, -0.05) is 0 Å². The second-order valence-corrected chi connectivity index (χ2v) is 4.17. The highest BCUT2D eigenvalue weighted by Crippen LogP contribution is 2.08. The third-order valence-corrected chi connectivity index (χ3v) is 2.38. The lowest BCUT2D eigenvalue weighted by atomic mass is 10.2. The molecule has 0 saturated heterocycles. The number of amides is 1. The lowest BCUT2D eigenvalue weighted by molar-refractivity contribution is -0.142. The highest BCUT2D eigenvalue weighted by molar-refractivity contribution is 5.92. The van der Waals surface area contributed by atoms with Gasteiger partial charge in [0.05, 0.1) is 31.3 Å². The molecule has 1 aromatic rings. The largest absolute Gasteiger partial charge is 0.480 e. The van der Waals surface area contributed by atoms with Crippen LogP contribution >= 0.6 is 0 Å². The van der Waals surface area contributed by atoms with Gasteiger partial charge in [0.2, 0.25) is 5.91 Å². The Hall–Kier alpha value is -2.92. The van der Waals surface area contributed by atoms with Crippen LogP contribution in [0.15, 0.2) is 24.3 Å². The molecule has 0 radical (unpaired) electrons. The van der Waals surface area contributed by atoms with Crippen molar-refractivity contribution in [1.29, 1.82) is 5.26 Å². The Balaban J connectivity index is 2.61. The minimum atomic E-state index is -1.22. The second kappa shape index (κ2) is 7.62. The van der Waals surface area contributed by atoms with Crippen molar-refractivity contribution < 1.29 is 24.6 Å². The van der Waals surface area contributed by atoms with Crippen molar-refractivity contribution in [3.05, 3.63) is 29.8 Å². The third-order valence-electron chi connectivity index (χ3n) is 2.38. The molecule has 0 spiro atoms. The van der Waals surface area contributed by atoms with Gasteiger partial charge in [-0.05, 0) is 24.3 Å². The quantitative estimate of drug-likeness (QED) is 0.642. The topological polar surface area (TPSA) is 131 Å². The van der Waals surface area contributed by atoms with Gasteiger partial charge < -0.3 is 15.5 Å². The molecule has 1 amide bonds. The van der Waals surface area contributed by atoms with Crippen LogP contribution in [0, 0.1) is 11.3 Å². The normalized spacial score (nSPS) is 9.90. The van der Waals surface area contributed by atoms with E-state index in [0.717, 1.165) is 4.90 Å². The number of nitriles is 1. The van der Waals surface area contributed by atoms with Gasteiger partial charge in [0.25, 0.3) is 0 Å². The van der Waals surface area contributed by atoms with Crippen molar-refractivity contribution in [3.8, 4) is 6.07 Å². The number of hydrogen-bond acceptors (Lipinski definition) is 5. The maximum Gasteiger partial charge on any atom is 0.317 e. The van der Waals surface area contributed by atoms with Gasteiger partial charge in [-0.25, -0.2) is 0 Å². The van der Waals surface area contributed by atoms with E-state index in [9.17, 15) is 14.4 Å². The lowest BCUT2D eigenvalue weighted by Gasteiger charge is -2.17. The van der Waals surface area contributed by atoms with Crippen LogP contribution in [0.5, 0.6) is 0 Å². The molecule has 8 heteroatoms. The first kappa shape index (κ1) is 16.1. The minimum Gasteiger partial charge on any atom is -0.480 e. The molecule has 0 saturated carbocycles. The average Bonchev–Trinajstić information content (AvgIpc) is 2.37. The number of anilines is 1. The molecule has 0 aromatic heterocycles. The maximum absolute atomic E-state index is 11.7. The molecule has 1 rings (SSSR count). The molecular formula is C13H13N3O5. The van der Waals surface area contributed by atoms with Gasteiger partial charge in [0.15, 0.2) is 0 Å². The van der Waals surface area contributed by atoms with Gasteiger partial charge in [-0.15, -0.1) is 0 Å². The number of carboxylic acid groups (broad SMARTS) is 2. The van der Waals surface area contributed by atoms with Crippen molar-refractivity contribution in [2.75, 3.05) is 25.0 Å². The van der Waals surface area contributed by atoms with Gasteiger partial charge in [-0.3, -0.25) is 19.3 Å². The van der Waals surface area contributed by atoms with Crippen LogP contribution in [0.1, 0.15) is 5.56 Å². The fraction of sp³-hybridized carbons (Fsp3) is 0.231. The van der Waals surface area contributed by atoms with E-state index in [1.807, 2.05) is 6.07 Å². The number of aliphatic carboxylic acids is 2. The fourth-order valence-electron chi connectivity index (χ4n) is 1.58. The molecule has 0 bridgehead atoms. The zero-order valence-electron chi connectivity index (χ0n) is 10.9. The summed E-state index contributed by atoms with van der Waals surface area (Å²) in [4.78, 5) is 33.9. The second-order valence-electron chi connectivity index (χ2n) is 4.17. The molecule has 8 nitrogen and oxygen atoms in total. The number of carbonyl (C=O) groups is 3. The minimum absolute atomic E-state index is 0.362. The van der Waals surface area contributed by atoms with E-state index in [4.69, 9.17) is 15.5 Å². The summed E-state index contributed by atoms with van der Waals surface area (Å²) in [6.07, 6.45) is 0. The van der Waals surface area contributed by atoms with Crippen molar-refractivity contribution in [3.63, 3.8) is 0 Å². The lowest BCUT2D eigenvalue weighted by Crippen LogP contribution is -2.40. The number of benzene rings is 1. The number of hydrogen-bond donors (Lipinski definition) is 3. The molecule has 0 fully saturated rings. The molecule has 21 heavy (non-hydrogen) atoms. The Kier molecular flexibility index (Phi) is 5.85. The summed E-state index contributed by atoms with van der Waals surface area (Å²) in [7, 11) is 0. The number of nitrogens with zero attached hydrogens (tertiary/aromatic N) is 2. The van der Waals surface area contributed by atoms with Crippen molar-refractivity contribution in [1.82, 2.24) is 4.90 Å². The SMILES string of the molecule is N#Cc1ccc(NC(=O)CN(CC(=O)O)CC(=O)O)cc1. The summed E-state index contributed by atoms with van der Waals surface area (Å²) in [6, 6.07) is 8.01. The highest BCUT2D eigenvalue weighted by Gasteiger charge is 2.16. The van der Waals surface area contributed by atoms with E-state index < -0.39 is 30.9 Å². The Morgan fingerprint density at radius 3 is 2.00 bits per heavy atom. The number of carbonyl (C=O) groups excluding carboxylic acids is 1. The van der Waals surface area contributed by atoms with Gasteiger partial charge in [0.1, 0.15) is 0 Å². The highest BCUT2D eigenvalue weighted by atomic mass is 16.4. The van der Waals surface area contributed by atoms with E-state index in [1.165, 1.54) is 24.3 Å². The van der Waals surface area contributed by atoms with E-state index >= 15 is 0 Å². The Morgan fingerprint density at radius 2 is 1.57 bits per heavy atom. The summed E-state index contributed by atoms with van der Waals surface area (Å²) >= 11 is 0. The van der Waals surface area contributed by atoms with E-state index in [0.29, 0.717) is 11.3 Å². The molecule has 0 aliphatic carbocycles. The van der Waals surface area contributed by atoms with Crippen molar-refractivity contribution in [2.45, 2.75) is 0 Å². The molecule has 110 valence electrons. The molecule has 3 N–H and O–H groups in total. The summed E-state index contributed by atoms with van der Waals surface area (Å²) < 4.78 is 0. The van der Waals surface area contributed by atoms with Crippen LogP contribution in [0.2, 0.25) is 0 Å². The zero-order valence-corrected chi connectivity index (χ0v) is 10.9. The standard InChI is InChI=1S/C13H13N3O5/c14-5-9-1-3-10(4-2-9)15-11(17)6-16(7-12(18)19)8-13(20)21/h1-4H,6-8H2,(H,15,17)(H,18,19)(H,20,21). The molecule has 0 aliphatic heterocycles. The van der Waals surface area contributed by atoms with Crippen LogP contribution in [-0.2, 0) is 14.4 Å². The van der Waals surface area contributed by atoms with Crippen molar-refractivity contribution >= 4 is 23.5 Å². The van der Waals surface area contributed by atoms with Gasteiger partial charge >= 0.3 is 11.9 Å². The molecule has 0 heterocycles. The summed E-state index contributed by atoms with van der Waals surface area (Å²) in [5.41, 5.74) is 0.871. The van der Waals surface area contributed by atoms with Crippen LogP contribution < -0.4 is 5.32 Å². The monoisotopic (exact) mass is 291 g/mol. The first-order chi connectivity index (χ1) is 9.90. The maximum atomic E-state index is 11.7. The Labute approximate surface area is 120 Å². The van der Waals surface area contributed by atoms with E-state index in [2.05, 4.69) is 5.32 Å². The Bertz CT molecular complexity index is 560. The molecule has 1 aromatic carbocycles. The van der Waals surface area contributed by atoms with Crippen LogP contribution in [0.25, 0.3) is 0 Å². The molecule has 0 atom stereocenters.